The molecule has 0 spiro atoms. The van der Waals surface area contributed by atoms with Gasteiger partial charge in [-0.05, 0) is 18.6 Å². The first kappa shape index (κ1) is 11.9. The number of hydrogen-bond donors (Lipinski definition) is 3. The molecule has 0 saturated heterocycles. The van der Waals surface area contributed by atoms with Crippen LogP contribution >= 0.6 is 0 Å². The van der Waals surface area contributed by atoms with Gasteiger partial charge in [0.15, 0.2) is 5.82 Å². The number of carbonyl (C=O) groups is 1. The zero-order valence-corrected chi connectivity index (χ0v) is 9.71. The van der Waals surface area contributed by atoms with Crippen LogP contribution in [0, 0.1) is 6.92 Å². The molecule has 1 amide bonds. The van der Waals surface area contributed by atoms with Crippen molar-refractivity contribution in [3.05, 3.63) is 42.1 Å². The van der Waals surface area contributed by atoms with Crippen molar-refractivity contribution in [1.82, 2.24) is 15.0 Å². The van der Waals surface area contributed by atoms with Crippen LogP contribution in [-0.4, -0.2) is 20.9 Å². The second-order valence-corrected chi connectivity index (χ2v) is 3.64. The fraction of sp³-hybridized carbons (Fsp3) is 0.0909. The largest absolute Gasteiger partial charge is 0.319 e. The Kier molecular flexibility index (Phi) is 3.44. The predicted molar refractivity (Wildman–Crippen MR) is 66.8 cm³/mol. The first-order chi connectivity index (χ1) is 8.69. The lowest BCUT2D eigenvalue weighted by Crippen LogP contribution is -2.15. The normalized spacial score (nSPS) is 9.89. The van der Waals surface area contributed by atoms with Crippen LogP contribution in [0.3, 0.4) is 0 Å². The minimum atomic E-state index is -0.349. The fourth-order valence-electron chi connectivity index (χ4n) is 1.34. The molecule has 0 aromatic carbocycles. The van der Waals surface area contributed by atoms with E-state index in [1.165, 1.54) is 12.4 Å². The number of pyridine rings is 1. The van der Waals surface area contributed by atoms with Gasteiger partial charge in [-0.25, -0.2) is 15.8 Å². The molecule has 2 rings (SSSR count). The maximum absolute atomic E-state index is 11.8. The van der Waals surface area contributed by atoms with E-state index in [1.54, 1.807) is 12.4 Å². The molecule has 2 aromatic rings. The van der Waals surface area contributed by atoms with Gasteiger partial charge in [0, 0.05) is 6.20 Å². The number of anilines is 2. The number of nitrogens with zero attached hydrogens (tertiary/aromatic N) is 3. The minimum absolute atomic E-state index is 0.204. The van der Waals surface area contributed by atoms with Crippen LogP contribution in [0.5, 0.6) is 0 Å². The molecule has 7 heteroatoms. The molecule has 0 aliphatic carbocycles. The summed E-state index contributed by atoms with van der Waals surface area (Å²) in [5.41, 5.74) is 4.11. The number of nitrogens with two attached hydrogens (primary N) is 1. The summed E-state index contributed by atoms with van der Waals surface area (Å²) in [4.78, 5) is 23.6. The van der Waals surface area contributed by atoms with E-state index in [2.05, 4.69) is 25.7 Å². The van der Waals surface area contributed by atoms with Crippen molar-refractivity contribution >= 4 is 17.4 Å². The molecule has 0 aliphatic heterocycles. The highest BCUT2D eigenvalue weighted by molar-refractivity contribution is 6.02. The van der Waals surface area contributed by atoms with E-state index >= 15 is 0 Å². The van der Waals surface area contributed by atoms with Crippen molar-refractivity contribution in [2.45, 2.75) is 6.92 Å². The number of nitrogens with one attached hydrogen (secondary N) is 2. The van der Waals surface area contributed by atoms with E-state index < -0.39 is 0 Å². The molecule has 0 bridgehead atoms. The van der Waals surface area contributed by atoms with Crippen molar-refractivity contribution in [2.24, 2.45) is 5.84 Å². The van der Waals surface area contributed by atoms with Crippen LogP contribution in [0.15, 0.2) is 30.9 Å². The second kappa shape index (κ2) is 5.19. The van der Waals surface area contributed by atoms with E-state index in [4.69, 9.17) is 5.84 Å². The third-order valence-corrected chi connectivity index (χ3v) is 2.17. The molecule has 7 nitrogen and oxygen atoms in total. The lowest BCUT2D eigenvalue weighted by Gasteiger charge is -2.05. The average Bonchev–Trinajstić information content (AvgIpc) is 2.39. The van der Waals surface area contributed by atoms with Crippen LogP contribution in [0.4, 0.5) is 11.5 Å². The van der Waals surface area contributed by atoms with Gasteiger partial charge >= 0.3 is 0 Å². The molecule has 4 N–H and O–H groups in total. The number of amides is 1. The van der Waals surface area contributed by atoms with Crippen molar-refractivity contribution in [2.75, 3.05) is 10.7 Å². The Morgan fingerprint density at radius 1 is 1.22 bits per heavy atom. The summed E-state index contributed by atoms with van der Waals surface area (Å²) in [6, 6.07) is 1.81. The van der Waals surface area contributed by atoms with Gasteiger partial charge in [-0.15, -0.1) is 0 Å². The standard InChI is InChI=1S/C11H12N6O/c1-7-2-8(4-13-3-7)16-11(18)9-5-15-10(17-12)6-14-9/h2-6H,12H2,1H3,(H,15,17)(H,16,18). The SMILES string of the molecule is Cc1cncc(NC(=O)c2cnc(NN)cn2)c1. The van der Waals surface area contributed by atoms with E-state index in [1.807, 2.05) is 13.0 Å². The minimum Gasteiger partial charge on any atom is -0.319 e. The van der Waals surface area contributed by atoms with Gasteiger partial charge in [-0.1, -0.05) is 0 Å². The van der Waals surface area contributed by atoms with Gasteiger partial charge in [-0.3, -0.25) is 9.78 Å². The summed E-state index contributed by atoms with van der Waals surface area (Å²) in [6.07, 6.45) is 5.99. The van der Waals surface area contributed by atoms with Crippen molar-refractivity contribution in [1.29, 1.82) is 0 Å². The molecule has 18 heavy (non-hydrogen) atoms. The molecule has 92 valence electrons. The van der Waals surface area contributed by atoms with E-state index in [-0.39, 0.29) is 11.6 Å². The first-order valence-electron chi connectivity index (χ1n) is 5.20. The molecule has 0 saturated carbocycles. The predicted octanol–water partition coefficient (Wildman–Crippen LogP) is 0.718. The molecule has 2 heterocycles. The highest BCUT2D eigenvalue weighted by Gasteiger charge is 2.08. The quantitative estimate of drug-likeness (QED) is 0.542. The highest BCUT2D eigenvalue weighted by atomic mass is 16.1. The summed E-state index contributed by atoms with van der Waals surface area (Å²) >= 11 is 0. The zero-order valence-electron chi connectivity index (χ0n) is 9.71. The number of hydrogen-bond acceptors (Lipinski definition) is 6. The van der Waals surface area contributed by atoms with Gasteiger partial charge in [0.25, 0.3) is 5.91 Å². The number of hydrazine groups is 1. The van der Waals surface area contributed by atoms with Gasteiger partial charge in [0.1, 0.15) is 5.69 Å². The van der Waals surface area contributed by atoms with Gasteiger partial charge in [0.05, 0.1) is 24.3 Å². The molecular weight excluding hydrogens is 232 g/mol. The summed E-state index contributed by atoms with van der Waals surface area (Å²) in [6.45, 7) is 1.89. The van der Waals surface area contributed by atoms with Crippen LogP contribution in [0.1, 0.15) is 16.1 Å². The van der Waals surface area contributed by atoms with Crippen molar-refractivity contribution < 1.29 is 4.79 Å². The number of rotatable bonds is 3. The van der Waals surface area contributed by atoms with Crippen LogP contribution in [0.25, 0.3) is 0 Å². The Morgan fingerprint density at radius 2 is 2.06 bits per heavy atom. The topological polar surface area (TPSA) is 106 Å². The Hall–Kier alpha value is -2.54. The number of nitrogen functional groups attached to an aromatic ring is 1. The smallest absolute Gasteiger partial charge is 0.275 e. The highest BCUT2D eigenvalue weighted by Crippen LogP contribution is 2.09. The molecule has 0 aliphatic rings. The van der Waals surface area contributed by atoms with E-state index in [9.17, 15) is 4.79 Å². The summed E-state index contributed by atoms with van der Waals surface area (Å²) in [7, 11) is 0. The van der Waals surface area contributed by atoms with Gasteiger partial charge in [-0.2, -0.15) is 0 Å². The van der Waals surface area contributed by atoms with Crippen LogP contribution in [0.2, 0.25) is 0 Å². The van der Waals surface area contributed by atoms with E-state index in [0.717, 1.165) is 5.56 Å². The third-order valence-electron chi connectivity index (χ3n) is 2.17. The average molecular weight is 244 g/mol. The second-order valence-electron chi connectivity index (χ2n) is 3.64. The zero-order chi connectivity index (χ0) is 13.0. The maximum Gasteiger partial charge on any atom is 0.275 e. The molecule has 0 atom stereocenters. The monoisotopic (exact) mass is 244 g/mol. The Balaban J connectivity index is 2.11. The van der Waals surface area contributed by atoms with Gasteiger partial charge < -0.3 is 10.7 Å². The lowest BCUT2D eigenvalue weighted by molar-refractivity contribution is 0.102. The Labute approximate surface area is 103 Å². The summed E-state index contributed by atoms with van der Waals surface area (Å²) in [5, 5.41) is 2.68. The van der Waals surface area contributed by atoms with Crippen molar-refractivity contribution in [3.8, 4) is 0 Å². The molecular formula is C11H12N6O. The third kappa shape index (κ3) is 2.77. The molecule has 0 fully saturated rings. The lowest BCUT2D eigenvalue weighted by atomic mass is 10.3. The Morgan fingerprint density at radius 3 is 2.67 bits per heavy atom. The number of carbonyl (C=O) groups excluding carboxylic acids is 1. The van der Waals surface area contributed by atoms with Crippen molar-refractivity contribution in [3.63, 3.8) is 0 Å². The molecule has 0 radical (unpaired) electrons. The summed E-state index contributed by atoms with van der Waals surface area (Å²) in [5.74, 6) is 5.20. The maximum atomic E-state index is 11.8. The van der Waals surface area contributed by atoms with Gasteiger partial charge in [0.2, 0.25) is 0 Å². The Bertz CT molecular complexity index is 554. The molecule has 2 aromatic heterocycles. The fourth-order valence-corrected chi connectivity index (χ4v) is 1.34. The first-order valence-corrected chi connectivity index (χ1v) is 5.20. The number of aromatic nitrogens is 3. The summed E-state index contributed by atoms with van der Waals surface area (Å²) < 4.78 is 0. The van der Waals surface area contributed by atoms with Crippen LogP contribution < -0.4 is 16.6 Å². The molecule has 0 unspecified atom stereocenters. The van der Waals surface area contributed by atoms with E-state index in [0.29, 0.717) is 11.5 Å². The van der Waals surface area contributed by atoms with Crippen LogP contribution in [-0.2, 0) is 0 Å². The number of aryl methyl sites for hydroxylation is 1.